The second-order valence-electron chi connectivity index (χ2n) is 9.09. The lowest BCUT2D eigenvalue weighted by Gasteiger charge is -2.28. The first kappa shape index (κ1) is 26.8. The Morgan fingerprint density at radius 2 is 1.44 bits per heavy atom. The zero-order chi connectivity index (χ0) is 22.7. The third-order valence-corrected chi connectivity index (χ3v) is 6.29. The Hall–Kier alpha value is -1.43. The molecule has 0 aliphatic carbocycles. The molecule has 1 saturated heterocycles. The number of benzene rings is 1. The third-order valence-electron chi connectivity index (χ3n) is 6.29. The fraction of sp³-hybridized carbons (Fsp3) is 0.741. The molecule has 1 aliphatic heterocycles. The van der Waals surface area contributed by atoms with Crippen LogP contribution < -0.4 is 10.4 Å². The number of rotatable bonds is 18. The summed E-state index contributed by atoms with van der Waals surface area (Å²) in [4.78, 5) is 21.2. The molecule has 1 heterocycles. The highest BCUT2D eigenvalue weighted by molar-refractivity contribution is 5.91. The van der Waals surface area contributed by atoms with Gasteiger partial charge >= 0.3 is 0 Å². The molecule has 32 heavy (non-hydrogen) atoms. The van der Waals surface area contributed by atoms with Gasteiger partial charge in [0.2, 0.25) is 0 Å². The molecule has 5 nitrogen and oxygen atoms in total. The molecule has 0 unspecified atom stereocenters. The molecule has 1 aromatic carbocycles. The Kier molecular flexibility index (Phi) is 15.1. The minimum atomic E-state index is 0.0497. The molecule has 1 N–H and O–H groups in total. The number of para-hydroxylation sites is 1. The summed E-state index contributed by atoms with van der Waals surface area (Å²) in [6.45, 7) is 7.71. The Balaban J connectivity index is 1.58. The van der Waals surface area contributed by atoms with Gasteiger partial charge in [-0.05, 0) is 18.6 Å². The lowest BCUT2D eigenvalue weighted by Crippen LogP contribution is -2.45. The van der Waals surface area contributed by atoms with Gasteiger partial charge in [0, 0.05) is 39.1 Å². The number of hydroxylamine groups is 1. The van der Waals surface area contributed by atoms with E-state index in [1.165, 1.54) is 75.7 Å². The van der Waals surface area contributed by atoms with Gasteiger partial charge in [0.05, 0.1) is 12.3 Å². The van der Waals surface area contributed by atoms with Crippen LogP contribution in [0.1, 0.15) is 90.4 Å². The number of anilines is 1. The van der Waals surface area contributed by atoms with E-state index < -0.39 is 0 Å². The molecular weight excluding hydrogens is 398 g/mol. The van der Waals surface area contributed by atoms with Crippen LogP contribution in [0.4, 0.5) is 5.69 Å². The van der Waals surface area contributed by atoms with Gasteiger partial charge in [-0.1, -0.05) is 95.8 Å². The van der Waals surface area contributed by atoms with Crippen LogP contribution in [0, 0.1) is 0 Å². The van der Waals surface area contributed by atoms with Crippen molar-refractivity contribution in [3.8, 4) is 0 Å². The van der Waals surface area contributed by atoms with Crippen molar-refractivity contribution in [3.63, 3.8) is 0 Å². The Morgan fingerprint density at radius 3 is 2.03 bits per heavy atom. The first-order valence-corrected chi connectivity index (χ1v) is 13.2. The van der Waals surface area contributed by atoms with Crippen molar-refractivity contribution in [1.29, 1.82) is 0 Å². The number of nitrogens with zero attached hydrogens (tertiary/aromatic N) is 2. The number of unbranched alkanes of at least 4 members (excludes halogenated alkanes) is 11. The number of carbonyl (C=O) groups is 1. The molecule has 0 spiro atoms. The van der Waals surface area contributed by atoms with Crippen molar-refractivity contribution < 1.29 is 9.63 Å². The first-order chi connectivity index (χ1) is 15.8. The van der Waals surface area contributed by atoms with Crippen LogP contribution in [0.2, 0.25) is 0 Å². The summed E-state index contributed by atoms with van der Waals surface area (Å²) in [7, 11) is 0. The topological polar surface area (TPSA) is 44.8 Å². The van der Waals surface area contributed by atoms with Crippen LogP contribution in [0.3, 0.4) is 0 Å². The molecule has 2 rings (SSSR count). The van der Waals surface area contributed by atoms with E-state index in [4.69, 9.17) is 4.84 Å². The smallest absolute Gasteiger partial charge is 0.252 e. The molecule has 5 heteroatoms. The maximum absolute atomic E-state index is 12.9. The summed E-state index contributed by atoms with van der Waals surface area (Å²) in [5.74, 6) is 0.0497. The summed E-state index contributed by atoms with van der Waals surface area (Å²) >= 11 is 0. The lowest BCUT2D eigenvalue weighted by atomic mass is 10.1. The van der Waals surface area contributed by atoms with Crippen LogP contribution in [0.5, 0.6) is 0 Å². The molecule has 0 radical (unpaired) electrons. The van der Waals surface area contributed by atoms with E-state index in [2.05, 4.69) is 17.1 Å². The number of carbonyl (C=O) groups excluding carboxylic acids is 1. The summed E-state index contributed by atoms with van der Waals surface area (Å²) in [6, 6.07) is 9.78. The van der Waals surface area contributed by atoms with Crippen molar-refractivity contribution in [1.82, 2.24) is 10.2 Å². The van der Waals surface area contributed by atoms with Gasteiger partial charge in [-0.2, -0.15) is 5.06 Å². The van der Waals surface area contributed by atoms with E-state index in [1.54, 1.807) is 0 Å². The van der Waals surface area contributed by atoms with E-state index in [0.29, 0.717) is 13.0 Å². The first-order valence-electron chi connectivity index (χ1n) is 13.2. The zero-order valence-electron chi connectivity index (χ0n) is 20.5. The normalized spacial score (nSPS) is 14.5. The Bertz CT molecular complexity index is 576. The summed E-state index contributed by atoms with van der Waals surface area (Å²) in [5.41, 5.74) is 0.830. The molecular formula is C27H47N3O2. The van der Waals surface area contributed by atoms with Crippen molar-refractivity contribution in [2.45, 2.75) is 90.4 Å². The predicted octanol–water partition coefficient (Wildman–Crippen LogP) is 5.95. The van der Waals surface area contributed by atoms with Crippen LogP contribution in [0.15, 0.2) is 30.3 Å². The maximum atomic E-state index is 12.9. The van der Waals surface area contributed by atoms with Crippen molar-refractivity contribution in [2.75, 3.05) is 44.4 Å². The van der Waals surface area contributed by atoms with E-state index in [9.17, 15) is 4.79 Å². The molecule has 1 fully saturated rings. The molecule has 0 saturated carbocycles. The van der Waals surface area contributed by atoms with E-state index in [1.807, 2.05) is 30.3 Å². The molecule has 1 aromatic rings. The molecule has 1 aliphatic rings. The van der Waals surface area contributed by atoms with Gasteiger partial charge in [0.25, 0.3) is 5.91 Å². The largest absolute Gasteiger partial charge is 0.314 e. The molecule has 1 amide bonds. The summed E-state index contributed by atoms with van der Waals surface area (Å²) in [5, 5.41) is 4.89. The van der Waals surface area contributed by atoms with Gasteiger partial charge in [-0.3, -0.25) is 9.63 Å². The maximum Gasteiger partial charge on any atom is 0.252 e. The standard InChI is InChI=1S/C27H47N3O2/c1-2-3-4-5-6-7-8-9-10-11-12-16-25-32-30(26-17-14-13-15-18-26)27(31)19-22-29-23-20-28-21-24-29/h13-15,17-18,28H,2-12,16,19-25H2,1H3. The van der Waals surface area contributed by atoms with Gasteiger partial charge in [-0.15, -0.1) is 0 Å². The average Bonchev–Trinajstić information content (AvgIpc) is 2.84. The highest BCUT2D eigenvalue weighted by Gasteiger charge is 2.18. The highest BCUT2D eigenvalue weighted by Crippen LogP contribution is 2.17. The van der Waals surface area contributed by atoms with Gasteiger partial charge < -0.3 is 10.2 Å². The number of hydrogen-bond acceptors (Lipinski definition) is 4. The number of nitrogens with one attached hydrogen (secondary N) is 1. The van der Waals surface area contributed by atoms with Gasteiger partial charge in [0.15, 0.2) is 0 Å². The number of piperazine rings is 1. The molecule has 182 valence electrons. The van der Waals surface area contributed by atoms with Crippen LogP contribution in [-0.2, 0) is 9.63 Å². The van der Waals surface area contributed by atoms with Crippen molar-refractivity contribution in [3.05, 3.63) is 30.3 Å². The van der Waals surface area contributed by atoms with Crippen molar-refractivity contribution >= 4 is 11.6 Å². The second kappa shape index (κ2) is 18.0. The Labute approximate surface area is 196 Å². The molecule has 0 atom stereocenters. The van der Waals surface area contributed by atoms with Crippen LogP contribution >= 0.6 is 0 Å². The monoisotopic (exact) mass is 445 g/mol. The van der Waals surface area contributed by atoms with E-state index >= 15 is 0 Å². The number of amides is 1. The van der Waals surface area contributed by atoms with Crippen LogP contribution in [-0.4, -0.2) is 50.1 Å². The predicted molar refractivity (Wildman–Crippen MR) is 135 cm³/mol. The quantitative estimate of drug-likeness (QED) is 0.224. The fourth-order valence-corrected chi connectivity index (χ4v) is 4.24. The second-order valence-corrected chi connectivity index (χ2v) is 9.09. The number of hydrogen-bond donors (Lipinski definition) is 1. The Morgan fingerprint density at radius 1 is 0.875 bits per heavy atom. The minimum absolute atomic E-state index is 0.0497. The van der Waals surface area contributed by atoms with Gasteiger partial charge in [0.1, 0.15) is 0 Å². The van der Waals surface area contributed by atoms with E-state index in [0.717, 1.165) is 44.8 Å². The zero-order valence-corrected chi connectivity index (χ0v) is 20.5. The van der Waals surface area contributed by atoms with Gasteiger partial charge in [-0.25, -0.2) is 0 Å². The highest BCUT2D eigenvalue weighted by atomic mass is 16.7. The molecule has 0 aromatic heterocycles. The van der Waals surface area contributed by atoms with Crippen molar-refractivity contribution in [2.24, 2.45) is 0 Å². The minimum Gasteiger partial charge on any atom is -0.314 e. The average molecular weight is 446 g/mol. The lowest BCUT2D eigenvalue weighted by molar-refractivity contribution is -0.126. The summed E-state index contributed by atoms with van der Waals surface area (Å²) < 4.78 is 0. The fourth-order valence-electron chi connectivity index (χ4n) is 4.24. The summed E-state index contributed by atoms with van der Waals surface area (Å²) in [6.07, 6.45) is 16.4. The molecule has 0 bridgehead atoms. The SMILES string of the molecule is CCCCCCCCCCCCCCON(C(=O)CCN1CCNCC1)c1ccccc1. The third kappa shape index (κ3) is 12.0. The van der Waals surface area contributed by atoms with E-state index in [-0.39, 0.29) is 5.91 Å². The van der Waals surface area contributed by atoms with Crippen LogP contribution in [0.25, 0.3) is 0 Å².